The summed E-state index contributed by atoms with van der Waals surface area (Å²) in [4.78, 5) is 0. The average molecular weight is 278 g/mol. The van der Waals surface area contributed by atoms with E-state index in [1.54, 1.807) is 0 Å². The van der Waals surface area contributed by atoms with Gasteiger partial charge in [-0.3, -0.25) is 8.89 Å². The molecule has 0 aliphatic rings. The molecule has 0 aromatic carbocycles. The Labute approximate surface area is 110 Å². The zero-order chi connectivity index (χ0) is 13.0. The van der Waals surface area contributed by atoms with Crippen molar-refractivity contribution < 1.29 is 4.21 Å². The highest BCUT2D eigenvalue weighted by Gasteiger charge is 2.16. The van der Waals surface area contributed by atoms with Crippen LogP contribution in [0.3, 0.4) is 0 Å². The molecule has 0 spiro atoms. The molecule has 0 radical (unpaired) electrons. The van der Waals surface area contributed by atoms with Crippen LogP contribution in [0.25, 0.3) is 0 Å². The van der Waals surface area contributed by atoms with Crippen molar-refractivity contribution in [2.45, 2.75) is 45.5 Å². The number of nitrogens with zero attached hydrogens (tertiary/aromatic N) is 2. The van der Waals surface area contributed by atoms with E-state index in [0.717, 1.165) is 24.4 Å². The second-order valence-corrected chi connectivity index (χ2v) is 5.96. The molecule has 4 nitrogen and oxygen atoms in total. The lowest BCUT2D eigenvalue weighted by molar-refractivity contribution is 0.624. The lowest BCUT2D eigenvalue weighted by Gasteiger charge is -2.09. The number of aromatic nitrogens is 2. The minimum absolute atomic E-state index is 0.00583. The van der Waals surface area contributed by atoms with Crippen LogP contribution in [0.5, 0.6) is 0 Å². The lowest BCUT2D eigenvalue weighted by atomic mass is 10.3. The van der Waals surface area contributed by atoms with Crippen LogP contribution in [0.15, 0.2) is 0 Å². The molecular formula is C11H20ClN3OS. The Morgan fingerprint density at radius 1 is 1.53 bits per heavy atom. The summed E-state index contributed by atoms with van der Waals surface area (Å²) < 4.78 is 13.8. The average Bonchev–Trinajstić information content (AvgIpc) is 2.56. The van der Waals surface area contributed by atoms with E-state index in [1.165, 1.54) is 0 Å². The van der Waals surface area contributed by atoms with Crippen molar-refractivity contribution in [2.24, 2.45) is 5.73 Å². The Hall–Kier alpha value is -0.390. The Morgan fingerprint density at radius 2 is 2.18 bits per heavy atom. The van der Waals surface area contributed by atoms with Gasteiger partial charge < -0.3 is 5.73 Å². The molecule has 17 heavy (non-hydrogen) atoms. The van der Waals surface area contributed by atoms with Crippen molar-refractivity contribution in [3.63, 3.8) is 0 Å². The molecule has 6 heteroatoms. The van der Waals surface area contributed by atoms with Gasteiger partial charge in [-0.15, -0.1) is 0 Å². The zero-order valence-electron chi connectivity index (χ0n) is 10.6. The van der Waals surface area contributed by atoms with Crippen LogP contribution in [-0.4, -0.2) is 25.8 Å². The summed E-state index contributed by atoms with van der Waals surface area (Å²) in [7, 11) is -0.980. The van der Waals surface area contributed by atoms with Crippen LogP contribution in [0.1, 0.15) is 31.7 Å². The van der Waals surface area contributed by atoms with E-state index in [0.29, 0.717) is 16.5 Å². The van der Waals surface area contributed by atoms with E-state index in [-0.39, 0.29) is 6.04 Å². The highest BCUT2D eigenvalue weighted by atomic mass is 35.5. The van der Waals surface area contributed by atoms with Crippen molar-refractivity contribution in [3.8, 4) is 0 Å². The van der Waals surface area contributed by atoms with Gasteiger partial charge in [0.1, 0.15) is 0 Å². The summed E-state index contributed by atoms with van der Waals surface area (Å²) in [5.41, 5.74) is 7.44. The number of rotatable bonds is 6. The third-order valence-electron chi connectivity index (χ3n) is 2.67. The van der Waals surface area contributed by atoms with Crippen molar-refractivity contribution in [2.75, 3.05) is 5.75 Å². The fraction of sp³-hybridized carbons (Fsp3) is 0.727. The smallest absolute Gasteiger partial charge is 0.0856 e. The normalized spacial score (nSPS) is 14.9. The molecule has 0 saturated carbocycles. The third kappa shape index (κ3) is 3.79. The number of aryl methyl sites for hydroxylation is 2. The highest BCUT2D eigenvalue weighted by Crippen LogP contribution is 2.21. The van der Waals surface area contributed by atoms with Crippen molar-refractivity contribution in [1.29, 1.82) is 0 Å². The molecule has 0 aliphatic heterocycles. The molecule has 0 aliphatic carbocycles. The van der Waals surface area contributed by atoms with Crippen molar-refractivity contribution in [3.05, 3.63) is 16.4 Å². The summed E-state index contributed by atoms with van der Waals surface area (Å²) in [6.07, 6.45) is 0.839. The Kier molecular flexibility index (Phi) is 5.62. The Bertz CT molecular complexity index is 406. The van der Waals surface area contributed by atoms with Gasteiger partial charge in [-0.25, -0.2) is 0 Å². The summed E-state index contributed by atoms with van der Waals surface area (Å²) in [5, 5.41) is 4.93. The fourth-order valence-electron chi connectivity index (χ4n) is 1.57. The van der Waals surface area contributed by atoms with Crippen molar-refractivity contribution >= 4 is 22.4 Å². The maximum Gasteiger partial charge on any atom is 0.0856 e. The number of nitrogens with two attached hydrogens (primary N) is 1. The van der Waals surface area contributed by atoms with Gasteiger partial charge in [-0.1, -0.05) is 18.5 Å². The second kappa shape index (κ2) is 6.52. The summed E-state index contributed by atoms with van der Waals surface area (Å²) in [6, 6.07) is -0.00583. The Balaban J connectivity index is 2.77. The van der Waals surface area contributed by atoms with Gasteiger partial charge in [0, 0.05) is 29.1 Å². The number of hydrogen-bond acceptors (Lipinski definition) is 3. The fourth-order valence-corrected chi connectivity index (χ4v) is 3.29. The molecule has 0 amide bonds. The zero-order valence-corrected chi connectivity index (χ0v) is 12.1. The van der Waals surface area contributed by atoms with Gasteiger partial charge in [0.25, 0.3) is 0 Å². The van der Waals surface area contributed by atoms with E-state index < -0.39 is 10.8 Å². The molecule has 1 rings (SSSR count). The van der Waals surface area contributed by atoms with Crippen LogP contribution < -0.4 is 5.73 Å². The molecule has 2 unspecified atom stereocenters. The minimum Gasteiger partial charge on any atom is -0.327 e. The van der Waals surface area contributed by atoms with E-state index in [2.05, 4.69) is 5.10 Å². The predicted molar refractivity (Wildman–Crippen MR) is 72.6 cm³/mol. The second-order valence-electron chi connectivity index (χ2n) is 4.08. The first-order chi connectivity index (χ1) is 7.99. The molecule has 0 saturated heterocycles. The first kappa shape index (κ1) is 14.7. The van der Waals surface area contributed by atoms with Gasteiger partial charge in [0.2, 0.25) is 0 Å². The van der Waals surface area contributed by atoms with Gasteiger partial charge >= 0.3 is 0 Å². The van der Waals surface area contributed by atoms with Crippen LogP contribution >= 0.6 is 11.6 Å². The maximum absolute atomic E-state index is 11.9. The number of hydrogen-bond donors (Lipinski definition) is 1. The van der Waals surface area contributed by atoms with E-state index in [1.807, 2.05) is 25.5 Å². The summed E-state index contributed by atoms with van der Waals surface area (Å²) in [5.74, 6) is 0.946. The highest BCUT2D eigenvalue weighted by molar-refractivity contribution is 7.84. The molecule has 2 N–H and O–H groups in total. The molecule has 1 aromatic heterocycles. The molecule has 1 aromatic rings. The lowest BCUT2D eigenvalue weighted by Crippen LogP contribution is -2.26. The van der Waals surface area contributed by atoms with Gasteiger partial charge in [0.05, 0.1) is 22.2 Å². The molecule has 2 atom stereocenters. The standard InChI is InChI=1S/C11H20ClN3OS/c1-4-9(13)6-17(16)7-10-11(12)8(3)14-15(10)5-2/h9H,4-7,13H2,1-3H3. The molecule has 0 fully saturated rings. The topological polar surface area (TPSA) is 60.9 Å². The first-order valence-corrected chi connectivity index (χ1v) is 7.68. The summed E-state index contributed by atoms with van der Waals surface area (Å²) in [6.45, 7) is 6.58. The third-order valence-corrected chi connectivity index (χ3v) is 4.56. The van der Waals surface area contributed by atoms with Crippen molar-refractivity contribution in [1.82, 2.24) is 9.78 Å². The first-order valence-electron chi connectivity index (χ1n) is 5.81. The van der Waals surface area contributed by atoms with Crippen LogP contribution in [0, 0.1) is 6.92 Å². The predicted octanol–water partition coefficient (Wildman–Crippen LogP) is 1.85. The Morgan fingerprint density at radius 3 is 2.71 bits per heavy atom. The quantitative estimate of drug-likeness (QED) is 0.863. The minimum atomic E-state index is -0.980. The van der Waals surface area contributed by atoms with Gasteiger partial charge in [0.15, 0.2) is 0 Å². The van der Waals surface area contributed by atoms with E-state index in [9.17, 15) is 4.21 Å². The van der Waals surface area contributed by atoms with E-state index >= 15 is 0 Å². The van der Waals surface area contributed by atoms with Crippen LogP contribution in [0.2, 0.25) is 5.02 Å². The molecule has 98 valence electrons. The van der Waals surface area contributed by atoms with Crippen LogP contribution in [-0.2, 0) is 23.1 Å². The molecule has 0 bridgehead atoms. The molecule has 1 heterocycles. The summed E-state index contributed by atoms with van der Waals surface area (Å²) >= 11 is 6.16. The molecular weight excluding hydrogens is 258 g/mol. The number of halogens is 1. The van der Waals surface area contributed by atoms with Crippen LogP contribution in [0.4, 0.5) is 0 Å². The largest absolute Gasteiger partial charge is 0.327 e. The van der Waals surface area contributed by atoms with E-state index in [4.69, 9.17) is 17.3 Å². The van der Waals surface area contributed by atoms with Gasteiger partial charge in [-0.05, 0) is 20.3 Å². The van der Waals surface area contributed by atoms with Gasteiger partial charge in [-0.2, -0.15) is 5.10 Å². The SMILES string of the molecule is CCC(N)CS(=O)Cc1c(Cl)c(C)nn1CC. The maximum atomic E-state index is 11.9. The monoisotopic (exact) mass is 277 g/mol.